The van der Waals surface area contributed by atoms with E-state index in [1.54, 1.807) is 11.8 Å². The van der Waals surface area contributed by atoms with Crippen LogP contribution < -0.4 is 10.1 Å². The Morgan fingerprint density at radius 3 is 2.62 bits per heavy atom. The molecule has 0 aliphatic carbocycles. The lowest BCUT2D eigenvalue weighted by molar-refractivity contribution is 0.295. The molecule has 0 amide bonds. The zero-order chi connectivity index (χ0) is 24.1. The maximum atomic E-state index is 14.0. The average Bonchev–Trinajstić information content (AvgIpc) is 2.81. The molecule has 5 nitrogen and oxygen atoms in total. The summed E-state index contributed by atoms with van der Waals surface area (Å²) in [6, 6.07) is 12.7. The van der Waals surface area contributed by atoms with Crippen LogP contribution in [-0.4, -0.2) is 21.2 Å². The summed E-state index contributed by atoms with van der Waals surface area (Å²) in [6.45, 7) is -0.532. The van der Waals surface area contributed by atoms with Crippen molar-refractivity contribution in [1.29, 1.82) is 0 Å². The van der Waals surface area contributed by atoms with Crippen LogP contribution in [0.1, 0.15) is 11.1 Å². The Balaban J connectivity index is 1.60. The smallest absolute Gasteiger partial charge is 0.230 e. The van der Waals surface area contributed by atoms with Crippen molar-refractivity contribution in [2.24, 2.45) is 0 Å². The van der Waals surface area contributed by atoms with E-state index in [2.05, 4.69) is 20.3 Å². The molecular weight excluding hydrogens is 468 g/mol. The van der Waals surface area contributed by atoms with Gasteiger partial charge in [0.05, 0.1) is 5.56 Å². The molecule has 0 bridgehead atoms. The zero-order valence-corrected chi connectivity index (χ0v) is 18.7. The fraction of sp³-hybridized carbons (Fsp3) is 0.125. The van der Waals surface area contributed by atoms with Crippen LogP contribution in [0.5, 0.6) is 5.75 Å². The second-order valence-electron chi connectivity index (χ2n) is 7.18. The SMILES string of the molecule is CSCc1cccc(Nc2ncnc(-c3ccc(F)cc3OCc3cc(F)cc(F)c3F)n2)c1. The van der Waals surface area contributed by atoms with E-state index >= 15 is 0 Å². The van der Waals surface area contributed by atoms with E-state index < -0.39 is 29.9 Å². The Hall–Kier alpha value is -3.66. The van der Waals surface area contributed by atoms with Crippen molar-refractivity contribution >= 4 is 23.4 Å². The van der Waals surface area contributed by atoms with Crippen molar-refractivity contribution in [2.75, 3.05) is 11.6 Å². The number of aromatic nitrogens is 3. The second-order valence-corrected chi connectivity index (χ2v) is 8.05. The van der Waals surface area contributed by atoms with Gasteiger partial charge in [-0.2, -0.15) is 16.7 Å². The number of hydrogen-bond donors (Lipinski definition) is 1. The number of benzene rings is 3. The van der Waals surface area contributed by atoms with Gasteiger partial charge >= 0.3 is 0 Å². The summed E-state index contributed by atoms with van der Waals surface area (Å²) in [5, 5.41) is 3.10. The van der Waals surface area contributed by atoms with Crippen LogP contribution in [0.2, 0.25) is 0 Å². The summed E-state index contributed by atoms with van der Waals surface area (Å²) in [4.78, 5) is 12.6. The topological polar surface area (TPSA) is 59.9 Å². The minimum absolute atomic E-state index is 0.0248. The Kier molecular flexibility index (Phi) is 7.27. The minimum atomic E-state index is -1.34. The van der Waals surface area contributed by atoms with E-state index in [9.17, 15) is 17.6 Å². The third-order valence-corrected chi connectivity index (χ3v) is 5.32. The molecule has 3 aromatic carbocycles. The largest absolute Gasteiger partial charge is 0.488 e. The fourth-order valence-corrected chi connectivity index (χ4v) is 3.70. The van der Waals surface area contributed by atoms with Gasteiger partial charge in [-0.3, -0.25) is 0 Å². The number of anilines is 2. The maximum absolute atomic E-state index is 14.0. The van der Waals surface area contributed by atoms with E-state index in [1.807, 2.05) is 30.5 Å². The Bertz CT molecular complexity index is 1320. The molecule has 0 atom stereocenters. The first-order chi connectivity index (χ1) is 16.4. The molecule has 0 spiro atoms. The van der Waals surface area contributed by atoms with Crippen LogP contribution in [0.3, 0.4) is 0 Å². The molecule has 1 heterocycles. The van der Waals surface area contributed by atoms with Crippen LogP contribution in [0.15, 0.2) is 60.9 Å². The summed E-state index contributed by atoms with van der Waals surface area (Å²) in [5.41, 5.74) is 1.85. The highest BCUT2D eigenvalue weighted by Gasteiger charge is 2.16. The van der Waals surface area contributed by atoms with Gasteiger partial charge in [0.2, 0.25) is 5.95 Å². The van der Waals surface area contributed by atoms with Crippen molar-refractivity contribution < 1.29 is 22.3 Å². The lowest BCUT2D eigenvalue weighted by Crippen LogP contribution is -2.04. The Morgan fingerprint density at radius 2 is 1.79 bits per heavy atom. The van der Waals surface area contributed by atoms with Gasteiger partial charge in [-0.25, -0.2) is 27.5 Å². The van der Waals surface area contributed by atoms with Crippen LogP contribution in [0, 0.1) is 23.3 Å². The van der Waals surface area contributed by atoms with Gasteiger partial charge in [-0.15, -0.1) is 0 Å². The molecule has 10 heteroatoms. The van der Waals surface area contributed by atoms with Gasteiger partial charge in [0.25, 0.3) is 0 Å². The molecule has 0 radical (unpaired) electrons. The third kappa shape index (κ3) is 5.63. The number of nitrogens with zero attached hydrogens (tertiary/aromatic N) is 3. The number of halogens is 4. The van der Waals surface area contributed by atoms with Gasteiger partial charge in [-0.1, -0.05) is 12.1 Å². The Labute approximate surface area is 197 Å². The van der Waals surface area contributed by atoms with Crippen LogP contribution in [0.25, 0.3) is 11.4 Å². The zero-order valence-electron chi connectivity index (χ0n) is 17.9. The molecule has 0 saturated heterocycles. The molecule has 0 aliphatic heterocycles. The maximum Gasteiger partial charge on any atom is 0.230 e. The van der Waals surface area contributed by atoms with Crippen molar-refractivity contribution in [3.63, 3.8) is 0 Å². The van der Waals surface area contributed by atoms with Gasteiger partial charge < -0.3 is 10.1 Å². The van der Waals surface area contributed by atoms with Gasteiger partial charge in [0.1, 0.15) is 30.3 Å². The summed E-state index contributed by atoms with van der Waals surface area (Å²) in [5.74, 6) is -2.91. The van der Waals surface area contributed by atoms with E-state index in [4.69, 9.17) is 4.74 Å². The lowest BCUT2D eigenvalue weighted by Gasteiger charge is -2.13. The van der Waals surface area contributed by atoms with Gasteiger partial charge in [0.15, 0.2) is 17.5 Å². The summed E-state index contributed by atoms with van der Waals surface area (Å²) in [7, 11) is 0. The van der Waals surface area contributed by atoms with Crippen molar-refractivity contribution in [3.05, 3.63) is 95.3 Å². The number of hydrogen-bond acceptors (Lipinski definition) is 6. The summed E-state index contributed by atoms with van der Waals surface area (Å²) < 4.78 is 60.4. The molecule has 0 aliphatic rings. The first kappa shape index (κ1) is 23.5. The van der Waals surface area contributed by atoms with E-state index in [0.717, 1.165) is 29.1 Å². The highest BCUT2D eigenvalue weighted by Crippen LogP contribution is 2.30. The fourth-order valence-electron chi connectivity index (χ4n) is 3.19. The molecule has 1 N–H and O–H groups in total. The molecule has 0 unspecified atom stereocenters. The molecule has 1 aromatic heterocycles. The molecule has 4 aromatic rings. The Morgan fingerprint density at radius 1 is 0.941 bits per heavy atom. The molecule has 0 fully saturated rings. The highest BCUT2D eigenvalue weighted by molar-refractivity contribution is 7.97. The summed E-state index contributed by atoms with van der Waals surface area (Å²) in [6.07, 6.45) is 3.30. The van der Waals surface area contributed by atoms with Crippen LogP contribution >= 0.6 is 11.8 Å². The predicted molar refractivity (Wildman–Crippen MR) is 123 cm³/mol. The minimum Gasteiger partial charge on any atom is -0.488 e. The quantitative estimate of drug-likeness (QED) is 0.234. The molecule has 174 valence electrons. The summed E-state index contributed by atoms with van der Waals surface area (Å²) >= 11 is 1.70. The molecule has 4 rings (SSSR count). The lowest BCUT2D eigenvalue weighted by atomic mass is 10.1. The van der Waals surface area contributed by atoms with Gasteiger partial charge in [0, 0.05) is 29.1 Å². The molecular formula is C24H18F4N4OS. The first-order valence-electron chi connectivity index (χ1n) is 10.0. The standard InChI is InChI=1S/C24H18F4N4OS/c1-34-12-14-3-2-4-18(7-14)31-24-30-13-29-23(32-24)19-6-5-16(25)10-21(19)33-11-15-8-17(26)9-20(27)22(15)28/h2-10,13H,11-12H2,1H3,(H,29,30,31,32). The number of thioether (sulfide) groups is 1. The van der Waals surface area contributed by atoms with Crippen LogP contribution in [0.4, 0.5) is 29.2 Å². The number of nitrogens with one attached hydrogen (secondary N) is 1. The van der Waals surface area contributed by atoms with E-state index in [0.29, 0.717) is 11.6 Å². The first-order valence-corrected chi connectivity index (χ1v) is 11.4. The number of rotatable bonds is 8. The van der Waals surface area contributed by atoms with Gasteiger partial charge in [-0.05, 0) is 42.2 Å². The van der Waals surface area contributed by atoms with Crippen LogP contribution in [-0.2, 0) is 12.4 Å². The predicted octanol–water partition coefficient (Wildman–Crippen LogP) is 6.28. The monoisotopic (exact) mass is 486 g/mol. The molecule has 0 saturated carbocycles. The number of ether oxygens (including phenoxy) is 1. The average molecular weight is 486 g/mol. The second kappa shape index (κ2) is 10.5. The van der Waals surface area contributed by atoms with E-state index in [-0.39, 0.29) is 23.1 Å². The highest BCUT2D eigenvalue weighted by atomic mass is 32.2. The van der Waals surface area contributed by atoms with E-state index in [1.165, 1.54) is 18.5 Å². The van der Waals surface area contributed by atoms with Crippen molar-refractivity contribution in [3.8, 4) is 17.1 Å². The molecule has 34 heavy (non-hydrogen) atoms. The van der Waals surface area contributed by atoms with Crippen molar-refractivity contribution in [2.45, 2.75) is 12.4 Å². The normalized spacial score (nSPS) is 10.9. The third-order valence-electron chi connectivity index (χ3n) is 4.70. The van der Waals surface area contributed by atoms with Crippen molar-refractivity contribution in [1.82, 2.24) is 15.0 Å².